The molecule has 1 N–H and O–H groups in total. The van der Waals surface area contributed by atoms with E-state index < -0.39 is 0 Å². The quantitative estimate of drug-likeness (QED) is 0.501. The maximum atomic E-state index is 12.8. The molecular formula is C28H46O2. The molecule has 4 rings (SSSR count). The van der Waals surface area contributed by atoms with E-state index in [0.717, 1.165) is 37.0 Å². The molecule has 0 spiro atoms. The van der Waals surface area contributed by atoms with Crippen molar-refractivity contribution < 1.29 is 9.90 Å². The van der Waals surface area contributed by atoms with Crippen molar-refractivity contribution in [2.24, 2.45) is 52.3 Å². The van der Waals surface area contributed by atoms with Gasteiger partial charge in [0.25, 0.3) is 0 Å². The second-order valence-corrected chi connectivity index (χ2v) is 12.6. The van der Waals surface area contributed by atoms with E-state index in [9.17, 15) is 9.90 Å². The molecule has 4 aliphatic rings. The number of aliphatic hydroxyl groups excluding tert-OH is 1. The minimum Gasteiger partial charge on any atom is -0.393 e. The lowest BCUT2D eigenvalue weighted by molar-refractivity contribution is -0.125. The van der Waals surface area contributed by atoms with Crippen LogP contribution in [-0.4, -0.2) is 17.0 Å². The fourth-order valence-corrected chi connectivity index (χ4v) is 8.63. The van der Waals surface area contributed by atoms with Gasteiger partial charge < -0.3 is 5.11 Å². The van der Waals surface area contributed by atoms with Crippen LogP contribution in [0.25, 0.3) is 0 Å². The monoisotopic (exact) mass is 414 g/mol. The smallest absolute Gasteiger partial charge is 0.136 e. The van der Waals surface area contributed by atoms with Crippen LogP contribution in [0.5, 0.6) is 0 Å². The van der Waals surface area contributed by atoms with Gasteiger partial charge in [0.1, 0.15) is 5.78 Å². The summed E-state index contributed by atoms with van der Waals surface area (Å²) in [4.78, 5) is 12.8. The molecule has 0 radical (unpaired) electrons. The SMILES string of the molecule is CC(C)[C@@H](C)C(=O)C[C@@H](C)[C@H]1CCC2C3CC=C4C[C@@H](O)CC[C@]4(C)C3CC[C@@]21C. The highest BCUT2D eigenvalue weighted by molar-refractivity contribution is 5.81. The number of carbonyl (C=O) groups is 1. The summed E-state index contributed by atoms with van der Waals surface area (Å²) < 4.78 is 0. The van der Waals surface area contributed by atoms with Gasteiger partial charge in [-0.3, -0.25) is 4.79 Å². The number of aliphatic hydroxyl groups is 1. The molecule has 0 aromatic carbocycles. The fourth-order valence-electron chi connectivity index (χ4n) is 8.63. The molecule has 9 atom stereocenters. The zero-order chi connectivity index (χ0) is 21.8. The summed E-state index contributed by atoms with van der Waals surface area (Å²) in [6, 6.07) is 0. The molecule has 0 bridgehead atoms. The molecule has 170 valence electrons. The maximum Gasteiger partial charge on any atom is 0.136 e. The first-order chi connectivity index (χ1) is 14.1. The van der Waals surface area contributed by atoms with Crippen molar-refractivity contribution >= 4 is 5.78 Å². The van der Waals surface area contributed by atoms with Crippen molar-refractivity contribution in [3.8, 4) is 0 Å². The number of carbonyl (C=O) groups excluding carboxylic acids is 1. The average molecular weight is 415 g/mol. The van der Waals surface area contributed by atoms with E-state index in [1.165, 1.54) is 38.5 Å². The third-order valence-corrected chi connectivity index (χ3v) is 10.9. The summed E-state index contributed by atoms with van der Waals surface area (Å²) >= 11 is 0. The largest absolute Gasteiger partial charge is 0.393 e. The Hall–Kier alpha value is -0.630. The minimum absolute atomic E-state index is 0.114. The second kappa shape index (κ2) is 8.05. The molecule has 3 fully saturated rings. The van der Waals surface area contributed by atoms with Crippen LogP contribution in [0.1, 0.15) is 99.3 Å². The molecule has 0 aliphatic heterocycles. The first-order valence-electron chi connectivity index (χ1n) is 13.0. The van der Waals surface area contributed by atoms with E-state index in [0.29, 0.717) is 34.4 Å². The minimum atomic E-state index is -0.114. The predicted octanol–water partition coefficient (Wildman–Crippen LogP) is 6.81. The Labute approximate surface area is 185 Å². The van der Waals surface area contributed by atoms with Crippen LogP contribution in [0.3, 0.4) is 0 Å². The number of fused-ring (bicyclic) bond motifs is 5. The zero-order valence-corrected chi connectivity index (χ0v) is 20.4. The van der Waals surface area contributed by atoms with Gasteiger partial charge in [-0.15, -0.1) is 0 Å². The Morgan fingerprint density at radius 3 is 2.50 bits per heavy atom. The predicted molar refractivity (Wildman–Crippen MR) is 124 cm³/mol. The molecule has 30 heavy (non-hydrogen) atoms. The van der Waals surface area contributed by atoms with Crippen LogP contribution in [0.2, 0.25) is 0 Å². The number of hydrogen-bond donors (Lipinski definition) is 1. The van der Waals surface area contributed by atoms with Crippen LogP contribution >= 0.6 is 0 Å². The molecule has 3 unspecified atom stereocenters. The Balaban J connectivity index is 1.51. The highest BCUT2D eigenvalue weighted by Gasteiger charge is 2.59. The summed E-state index contributed by atoms with van der Waals surface area (Å²) in [5.41, 5.74) is 2.32. The molecule has 0 aromatic rings. The van der Waals surface area contributed by atoms with Crippen LogP contribution in [0, 0.1) is 52.3 Å². The van der Waals surface area contributed by atoms with Gasteiger partial charge in [0.05, 0.1) is 6.10 Å². The lowest BCUT2D eigenvalue weighted by Crippen LogP contribution is -2.50. The number of ketones is 1. The van der Waals surface area contributed by atoms with Gasteiger partial charge in [-0.25, -0.2) is 0 Å². The van der Waals surface area contributed by atoms with E-state index >= 15 is 0 Å². The Morgan fingerprint density at radius 1 is 1.07 bits per heavy atom. The molecule has 2 nitrogen and oxygen atoms in total. The topological polar surface area (TPSA) is 37.3 Å². The number of Topliss-reactive ketones (excluding diaryl/α,β-unsaturated/α-hetero) is 1. The Bertz CT molecular complexity index is 693. The van der Waals surface area contributed by atoms with Crippen molar-refractivity contribution in [3.05, 3.63) is 11.6 Å². The van der Waals surface area contributed by atoms with Crippen LogP contribution in [-0.2, 0) is 4.79 Å². The third kappa shape index (κ3) is 3.54. The first kappa shape index (κ1) is 22.6. The molecule has 2 heteroatoms. The van der Waals surface area contributed by atoms with Gasteiger partial charge in [0.15, 0.2) is 0 Å². The van der Waals surface area contributed by atoms with Gasteiger partial charge in [0, 0.05) is 12.3 Å². The molecule has 0 aromatic heterocycles. The molecule has 0 saturated heterocycles. The Morgan fingerprint density at radius 2 is 1.80 bits per heavy atom. The molecule has 4 aliphatic carbocycles. The number of rotatable bonds is 5. The average Bonchev–Trinajstić information content (AvgIpc) is 3.05. The summed E-state index contributed by atoms with van der Waals surface area (Å²) in [5.74, 6) is 4.79. The van der Waals surface area contributed by atoms with Gasteiger partial charge in [-0.1, -0.05) is 53.2 Å². The molecule has 0 heterocycles. The second-order valence-electron chi connectivity index (χ2n) is 12.6. The van der Waals surface area contributed by atoms with Gasteiger partial charge in [-0.05, 0) is 97.7 Å². The highest BCUT2D eigenvalue weighted by atomic mass is 16.3. The number of allylic oxidation sites excluding steroid dienone is 1. The van der Waals surface area contributed by atoms with Crippen molar-refractivity contribution in [1.82, 2.24) is 0 Å². The van der Waals surface area contributed by atoms with E-state index in [4.69, 9.17) is 0 Å². The molecule has 0 amide bonds. The summed E-state index contributed by atoms with van der Waals surface area (Å²) in [7, 11) is 0. The van der Waals surface area contributed by atoms with E-state index in [2.05, 4.69) is 47.6 Å². The lowest BCUT2D eigenvalue weighted by Gasteiger charge is -2.58. The summed E-state index contributed by atoms with van der Waals surface area (Å²) in [6.45, 7) is 14.0. The molecule has 3 saturated carbocycles. The van der Waals surface area contributed by atoms with E-state index in [1.807, 2.05) is 0 Å². The van der Waals surface area contributed by atoms with Crippen LogP contribution in [0.4, 0.5) is 0 Å². The molecular weight excluding hydrogens is 368 g/mol. The first-order valence-corrected chi connectivity index (χ1v) is 13.0. The van der Waals surface area contributed by atoms with Crippen LogP contribution in [0.15, 0.2) is 11.6 Å². The summed E-state index contributed by atoms with van der Waals surface area (Å²) in [6.07, 6.45) is 12.9. The highest BCUT2D eigenvalue weighted by Crippen LogP contribution is 2.67. The Kier molecular flexibility index (Phi) is 6.06. The van der Waals surface area contributed by atoms with Gasteiger partial charge in [-0.2, -0.15) is 0 Å². The van der Waals surface area contributed by atoms with Crippen molar-refractivity contribution in [1.29, 1.82) is 0 Å². The van der Waals surface area contributed by atoms with Crippen molar-refractivity contribution in [2.75, 3.05) is 0 Å². The normalized spacial score (nSPS) is 45.2. The zero-order valence-electron chi connectivity index (χ0n) is 20.4. The van der Waals surface area contributed by atoms with Gasteiger partial charge in [0.2, 0.25) is 0 Å². The van der Waals surface area contributed by atoms with E-state index in [-0.39, 0.29) is 12.0 Å². The van der Waals surface area contributed by atoms with Gasteiger partial charge >= 0.3 is 0 Å². The fraction of sp³-hybridized carbons (Fsp3) is 0.893. The maximum absolute atomic E-state index is 12.8. The standard InChI is InChI=1S/C28H46O2/c1-17(2)19(4)26(30)15-18(3)23-9-10-24-22-8-7-20-16-21(29)11-13-27(20,5)25(22)12-14-28(23,24)6/h7,17-19,21-25,29H,8-16H2,1-6H3/t18-,19-,21+,22?,23-,24?,25?,27+,28-/m1/s1. The van der Waals surface area contributed by atoms with Crippen LogP contribution < -0.4 is 0 Å². The van der Waals surface area contributed by atoms with E-state index in [1.54, 1.807) is 5.57 Å². The van der Waals surface area contributed by atoms with Crippen molar-refractivity contribution in [2.45, 2.75) is 105 Å². The van der Waals surface area contributed by atoms with Crippen molar-refractivity contribution in [3.63, 3.8) is 0 Å². The third-order valence-electron chi connectivity index (χ3n) is 10.9. The summed E-state index contributed by atoms with van der Waals surface area (Å²) in [5, 5.41) is 10.2. The lowest BCUT2D eigenvalue weighted by atomic mass is 9.47. The number of hydrogen-bond acceptors (Lipinski definition) is 2.